The van der Waals surface area contributed by atoms with Gasteiger partial charge in [-0.25, -0.2) is 0 Å². The molecule has 4 heterocycles. The van der Waals surface area contributed by atoms with E-state index in [2.05, 4.69) is 10.2 Å². The lowest BCUT2D eigenvalue weighted by Gasteiger charge is -2.43. The Morgan fingerprint density at radius 3 is 2.88 bits per heavy atom. The quantitative estimate of drug-likeness (QED) is 0.572. The summed E-state index contributed by atoms with van der Waals surface area (Å²) in [7, 11) is 1.65. The summed E-state index contributed by atoms with van der Waals surface area (Å²) >= 11 is 0. The number of anilines is 1. The SMILES string of the molecule is COc1ccc2c(c1)CCc1c-2n[nH]c1C(=O)N1C[C@H]2C[C@@H](C1)c1ccc(N([O-])O)c(=O)n1C2. The molecular formula is C24H24N5O5-. The molecule has 34 heavy (non-hydrogen) atoms. The molecule has 0 spiro atoms. The van der Waals surface area contributed by atoms with E-state index >= 15 is 0 Å². The Labute approximate surface area is 194 Å². The first-order valence-corrected chi connectivity index (χ1v) is 11.4. The summed E-state index contributed by atoms with van der Waals surface area (Å²) in [6, 6.07) is 8.97. The maximum atomic E-state index is 13.6. The molecule has 0 unspecified atom stereocenters. The zero-order valence-corrected chi connectivity index (χ0v) is 18.7. The third-order valence-electron chi connectivity index (χ3n) is 7.37. The number of hydrogen-bond donors (Lipinski definition) is 2. The molecule has 3 aliphatic rings. The molecule has 1 aliphatic carbocycles. The monoisotopic (exact) mass is 462 g/mol. The van der Waals surface area contributed by atoms with Crippen LogP contribution < -0.4 is 15.5 Å². The Bertz CT molecular complexity index is 1360. The number of methoxy groups -OCH3 is 1. The first-order valence-electron chi connectivity index (χ1n) is 11.4. The fourth-order valence-corrected chi connectivity index (χ4v) is 5.81. The molecule has 2 bridgehead atoms. The van der Waals surface area contributed by atoms with Gasteiger partial charge in [0.05, 0.1) is 12.8 Å². The number of nitrogens with one attached hydrogen (secondary N) is 1. The molecule has 6 rings (SSSR count). The van der Waals surface area contributed by atoms with E-state index in [1.165, 1.54) is 6.07 Å². The number of aromatic amines is 1. The molecular weight excluding hydrogens is 438 g/mol. The van der Waals surface area contributed by atoms with Crippen molar-refractivity contribution in [3.8, 4) is 17.0 Å². The van der Waals surface area contributed by atoms with Crippen LogP contribution in [0.3, 0.4) is 0 Å². The summed E-state index contributed by atoms with van der Waals surface area (Å²) in [6.07, 6.45) is 2.41. The van der Waals surface area contributed by atoms with E-state index in [1.54, 1.807) is 17.7 Å². The molecule has 1 aromatic carbocycles. The van der Waals surface area contributed by atoms with Crippen molar-refractivity contribution in [3.05, 3.63) is 68.4 Å². The molecule has 2 aliphatic heterocycles. The largest absolute Gasteiger partial charge is 0.733 e. The number of H-pyrrole nitrogens is 1. The Kier molecular flexibility index (Phi) is 4.75. The number of nitrogens with zero attached hydrogens (tertiary/aromatic N) is 4. The molecule has 2 N–H and O–H groups in total. The summed E-state index contributed by atoms with van der Waals surface area (Å²) in [6.45, 7) is 1.41. The number of hydrogen-bond acceptors (Lipinski definition) is 7. The molecule has 176 valence electrons. The van der Waals surface area contributed by atoms with E-state index in [9.17, 15) is 20.0 Å². The van der Waals surface area contributed by atoms with E-state index in [0.29, 0.717) is 25.3 Å². The summed E-state index contributed by atoms with van der Waals surface area (Å²) in [5, 5.41) is 27.6. The molecule has 1 amide bonds. The topological polar surface area (TPSA) is 127 Å². The molecule has 1 saturated heterocycles. The number of aromatic nitrogens is 3. The number of ether oxygens (including phenoxy) is 1. The fourth-order valence-electron chi connectivity index (χ4n) is 5.81. The highest BCUT2D eigenvalue weighted by atomic mass is 16.8. The third kappa shape index (κ3) is 3.13. The average Bonchev–Trinajstić information content (AvgIpc) is 3.28. The van der Waals surface area contributed by atoms with Gasteiger partial charge in [-0.1, -0.05) is 0 Å². The lowest BCUT2D eigenvalue weighted by atomic mass is 9.82. The number of aryl methyl sites for hydroxylation is 1. The van der Waals surface area contributed by atoms with Crippen molar-refractivity contribution >= 4 is 11.6 Å². The van der Waals surface area contributed by atoms with Crippen LogP contribution in [0.2, 0.25) is 0 Å². The summed E-state index contributed by atoms with van der Waals surface area (Å²) in [4.78, 5) is 28.1. The van der Waals surface area contributed by atoms with E-state index in [-0.39, 0.29) is 28.7 Å². The van der Waals surface area contributed by atoms with Crippen LogP contribution in [0.25, 0.3) is 11.3 Å². The standard InChI is InChI=1S/C24H24N5O5/c1-34-16-3-5-17-14(9-16)2-4-18-21(17)25-26-22(18)24(31)27-10-13-8-15(12-27)19-6-7-20(29(32)33)23(30)28(19)11-13/h3,5-7,9,13,15,32H,2,4,8,10-12H2,1H3,(H,25,26)/q-1/t13-,15+/m1/s1. The lowest BCUT2D eigenvalue weighted by Crippen LogP contribution is -2.49. The molecule has 0 saturated carbocycles. The van der Waals surface area contributed by atoms with Crippen molar-refractivity contribution in [2.45, 2.75) is 31.7 Å². The van der Waals surface area contributed by atoms with E-state index in [1.807, 2.05) is 23.1 Å². The van der Waals surface area contributed by atoms with Crippen LogP contribution in [0.4, 0.5) is 5.69 Å². The molecule has 3 aromatic rings. The van der Waals surface area contributed by atoms with Crippen molar-refractivity contribution in [2.75, 3.05) is 25.4 Å². The van der Waals surface area contributed by atoms with Gasteiger partial charge < -0.3 is 24.6 Å². The Morgan fingerprint density at radius 2 is 2.09 bits per heavy atom. The van der Waals surface area contributed by atoms with E-state index < -0.39 is 5.56 Å². The second kappa shape index (κ2) is 7.71. The summed E-state index contributed by atoms with van der Waals surface area (Å²) in [5.41, 5.74) is 4.48. The second-order valence-electron chi connectivity index (χ2n) is 9.29. The number of fused-ring (bicyclic) bond motifs is 7. The number of carbonyl (C=O) groups is 1. The van der Waals surface area contributed by atoms with Gasteiger partial charge in [0, 0.05) is 42.4 Å². The van der Waals surface area contributed by atoms with Gasteiger partial charge in [0.1, 0.15) is 17.1 Å². The number of piperidine rings is 1. The van der Waals surface area contributed by atoms with E-state index in [0.717, 1.165) is 53.1 Å². The van der Waals surface area contributed by atoms with Gasteiger partial charge in [-0.2, -0.15) is 5.10 Å². The average molecular weight is 462 g/mol. The van der Waals surface area contributed by atoms with Crippen molar-refractivity contribution in [1.29, 1.82) is 0 Å². The smallest absolute Gasteiger partial charge is 0.275 e. The highest BCUT2D eigenvalue weighted by Crippen LogP contribution is 2.38. The fraction of sp³-hybridized carbons (Fsp3) is 0.375. The maximum Gasteiger partial charge on any atom is 0.275 e. The Hall–Kier alpha value is -3.63. The van der Waals surface area contributed by atoms with Crippen LogP contribution in [-0.4, -0.2) is 51.0 Å². The maximum absolute atomic E-state index is 13.6. The van der Waals surface area contributed by atoms with Gasteiger partial charge in [0.15, 0.2) is 0 Å². The van der Waals surface area contributed by atoms with Crippen LogP contribution in [0.1, 0.15) is 39.6 Å². The lowest BCUT2D eigenvalue weighted by molar-refractivity contribution is 0.0587. The van der Waals surface area contributed by atoms with Gasteiger partial charge in [-0.15, -0.1) is 0 Å². The van der Waals surface area contributed by atoms with Crippen LogP contribution >= 0.6 is 0 Å². The number of pyridine rings is 1. The molecule has 10 heteroatoms. The van der Waals surface area contributed by atoms with Crippen LogP contribution in [0.15, 0.2) is 35.1 Å². The van der Waals surface area contributed by atoms with Gasteiger partial charge in [0.25, 0.3) is 11.5 Å². The van der Waals surface area contributed by atoms with Crippen molar-refractivity contribution in [1.82, 2.24) is 19.7 Å². The van der Waals surface area contributed by atoms with Crippen molar-refractivity contribution in [2.24, 2.45) is 5.92 Å². The second-order valence-corrected chi connectivity index (χ2v) is 9.29. The van der Waals surface area contributed by atoms with E-state index in [4.69, 9.17) is 4.74 Å². The minimum Gasteiger partial charge on any atom is -0.733 e. The normalized spacial score (nSPS) is 20.3. The van der Waals surface area contributed by atoms with Crippen LogP contribution in [-0.2, 0) is 19.4 Å². The number of likely N-dealkylation sites (tertiary alicyclic amines) is 1. The number of amides is 1. The third-order valence-corrected chi connectivity index (χ3v) is 7.37. The zero-order chi connectivity index (χ0) is 23.6. The number of rotatable bonds is 3. The molecule has 10 nitrogen and oxygen atoms in total. The van der Waals surface area contributed by atoms with Gasteiger partial charge in [0.2, 0.25) is 0 Å². The molecule has 0 radical (unpaired) electrons. The van der Waals surface area contributed by atoms with Crippen molar-refractivity contribution in [3.63, 3.8) is 0 Å². The predicted molar refractivity (Wildman–Crippen MR) is 123 cm³/mol. The molecule has 2 atom stereocenters. The minimum absolute atomic E-state index is 0.0102. The highest BCUT2D eigenvalue weighted by Gasteiger charge is 2.38. The molecule has 1 fully saturated rings. The number of benzene rings is 1. The van der Waals surface area contributed by atoms with Crippen LogP contribution in [0, 0.1) is 11.1 Å². The highest BCUT2D eigenvalue weighted by molar-refractivity contribution is 5.96. The Balaban J connectivity index is 1.29. The summed E-state index contributed by atoms with van der Waals surface area (Å²) < 4.78 is 6.91. The van der Waals surface area contributed by atoms with Gasteiger partial charge >= 0.3 is 0 Å². The number of carbonyl (C=O) groups excluding carboxylic acids is 1. The zero-order valence-electron chi connectivity index (χ0n) is 18.7. The first kappa shape index (κ1) is 20.9. The summed E-state index contributed by atoms with van der Waals surface area (Å²) in [5.74, 6) is 0.814. The minimum atomic E-state index is -0.498. The molecule has 2 aromatic heterocycles. The van der Waals surface area contributed by atoms with Gasteiger partial charge in [-0.05, 0) is 61.1 Å². The van der Waals surface area contributed by atoms with Crippen LogP contribution in [0.5, 0.6) is 5.75 Å². The predicted octanol–water partition coefficient (Wildman–Crippen LogP) is 2.30. The Morgan fingerprint density at radius 1 is 1.24 bits per heavy atom. The van der Waals surface area contributed by atoms with Crippen molar-refractivity contribution < 1.29 is 14.7 Å². The van der Waals surface area contributed by atoms with Gasteiger partial charge in [-0.3, -0.25) is 19.9 Å². The first-order chi connectivity index (χ1) is 16.4.